The number of methoxy groups -OCH3 is 1. The molecule has 0 radical (unpaired) electrons. The third-order valence-corrected chi connectivity index (χ3v) is 3.55. The number of nitrogens with one attached hydrogen (secondary N) is 1. The molecule has 0 amide bonds. The molecule has 4 nitrogen and oxygen atoms in total. The van der Waals surface area contributed by atoms with Crippen LogP contribution in [0, 0.1) is 0 Å². The van der Waals surface area contributed by atoms with Crippen molar-refractivity contribution < 1.29 is 9.84 Å². The van der Waals surface area contributed by atoms with Crippen LogP contribution in [-0.2, 0) is 4.74 Å². The maximum absolute atomic E-state index is 9.47. The van der Waals surface area contributed by atoms with Crippen LogP contribution in [0.2, 0.25) is 0 Å². The number of ether oxygens (including phenoxy) is 1. The van der Waals surface area contributed by atoms with Crippen LogP contribution in [-0.4, -0.2) is 62.0 Å². The first-order chi connectivity index (χ1) is 8.06. The second-order valence-corrected chi connectivity index (χ2v) is 4.90. The number of aliphatic hydroxyl groups is 1. The quantitative estimate of drug-likeness (QED) is 0.606. The molecule has 17 heavy (non-hydrogen) atoms. The van der Waals surface area contributed by atoms with Crippen molar-refractivity contribution in [2.24, 2.45) is 0 Å². The predicted molar refractivity (Wildman–Crippen MR) is 72.4 cm³/mol. The lowest BCUT2D eigenvalue weighted by Gasteiger charge is -2.38. The third kappa shape index (κ3) is 5.82. The maximum atomic E-state index is 9.47. The van der Waals surface area contributed by atoms with Gasteiger partial charge in [-0.1, -0.05) is 13.8 Å². The Balaban J connectivity index is 4.55. The van der Waals surface area contributed by atoms with Gasteiger partial charge in [0.2, 0.25) is 0 Å². The first-order valence-electron chi connectivity index (χ1n) is 6.59. The zero-order valence-electron chi connectivity index (χ0n) is 12.1. The summed E-state index contributed by atoms with van der Waals surface area (Å²) >= 11 is 0. The summed E-state index contributed by atoms with van der Waals surface area (Å²) in [5, 5.41) is 12.7. The largest absolute Gasteiger partial charge is 0.394 e. The highest BCUT2D eigenvalue weighted by atomic mass is 16.5. The first-order valence-corrected chi connectivity index (χ1v) is 6.59. The molecular formula is C13H30N2O2. The minimum atomic E-state index is -0.240. The minimum absolute atomic E-state index is 0.146. The van der Waals surface area contributed by atoms with E-state index in [1.807, 2.05) is 7.05 Å². The molecule has 4 heteroatoms. The van der Waals surface area contributed by atoms with Gasteiger partial charge in [0.1, 0.15) is 0 Å². The molecule has 0 saturated carbocycles. The second kappa shape index (κ2) is 8.86. The lowest BCUT2D eigenvalue weighted by molar-refractivity contribution is 0.0697. The number of nitrogens with zero attached hydrogens (tertiary/aromatic N) is 1. The van der Waals surface area contributed by atoms with E-state index in [-0.39, 0.29) is 12.1 Å². The Morgan fingerprint density at radius 3 is 2.29 bits per heavy atom. The Morgan fingerprint density at radius 2 is 1.94 bits per heavy atom. The number of rotatable bonds is 10. The molecule has 0 aliphatic carbocycles. The molecule has 0 aromatic heterocycles. The number of aliphatic hydroxyl groups excluding tert-OH is 1. The molecule has 2 N–H and O–H groups in total. The standard InChI is InChI=1S/C13H30N2O2/c1-6-12(7-2)15(8-9-17-5)10-13(3,11-16)14-4/h12,14,16H,6-11H2,1-5H3. The third-order valence-electron chi connectivity index (χ3n) is 3.55. The molecule has 0 spiro atoms. The van der Waals surface area contributed by atoms with Crippen molar-refractivity contribution in [1.82, 2.24) is 10.2 Å². The van der Waals surface area contributed by atoms with E-state index in [4.69, 9.17) is 4.74 Å². The van der Waals surface area contributed by atoms with Gasteiger partial charge in [-0.15, -0.1) is 0 Å². The molecule has 0 aliphatic rings. The Kier molecular flexibility index (Phi) is 8.78. The van der Waals surface area contributed by atoms with E-state index in [0.29, 0.717) is 6.04 Å². The summed E-state index contributed by atoms with van der Waals surface area (Å²) in [6.45, 7) is 9.12. The molecule has 0 heterocycles. The van der Waals surface area contributed by atoms with Crippen LogP contribution in [0.25, 0.3) is 0 Å². The van der Waals surface area contributed by atoms with E-state index in [1.54, 1.807) is 7.11 Å². The van der Waals surface area contributed by atoms with E-state index in [9.17, 15) is 5.11 Å². The van der Waals surface area contributed by atoms with Crippen molar-refractivity contribution in [2.75, 3.05) is 40.5 Å². The fourth-order valence-corrected chi connectivity index (χ4v) is 2.06. The van der Waals surface area contributed by atoms with E-state index in [1.165, 1.54) is 0 Å². The summed E-state index contributed by atoms with van der Waals surface area (Å²) in [7, 11) is 3.63. The molecule has 0 saturated heterocycles. The second-order valence-electron chi connectivity index (χ2n) is 4.90. The fourth-order valence-electron chi connectivity index (χ4n) is 2.06. The summed E-state index contributed by atoms with van der Waals surface area (Å²) in [5.74, 6) is 0. The van der Waals surface area contributed by atoms with Crippen LogP contribution in [0.3, 0.4) is 0 Å². The van der Waals surface area contributed by atoms with Gasteiger partial charge in [-0.3, -0.25) is 4.90 Å². The van der Waals surface area contributed by atoms with Gasteiger partial charge in [0.15, 0.2) is 0 Å². The highest BCUT2D eigenvalue weighted by Gasteiger charge is 2.27. The monoisotopic (exact) mass is 246 g/mol. The molecule has 1 unspecified atom stereocenters. The molecule has 104 valence electrons. The summed E-state index contributed by atoms with van der Waals surface area (Å²) in [6, 6.07) is 0.560. The Morgan fingerprint density at radius 1 is 1.35 bits per heavy atom. The first kappa shape index (κ1) is 16.8. The summed E-state index contributed by atoms with van der Waals surface area (Å²) in [5.41, 5.74) is -0.240. The van der Waals surface area contributed by atoms with Gasteiger partial charge in [-0.05, 0) is 26.8 Å². The van der Waals surface area contributed by atoms with Gasteiger partial charge in [0.05, 0.1) is 18.8 Å². The minimum Gasteiger partial charge on any atom is -0.394 e. The molecular weight excluding hydrogens is 216 g/mol. The van der Waals surface area contributed by atoms with Gasteiger partial charge in [0.25, 0.3) is 0 Å². The smallest absolute Gasteiger partial charge is 0.0623 e. The molecule has 0 fully saturated rings. The molecule has 0 bridgehead atoms. The van der Waals surface area contributed by atoms with E-state index < -0.39 is 0 Å². The Hall–Kier alpha value is -0.160. The highest BCUT2D eigenvalue weighted by molar-refractivity contribution is 4.86. The summed E-state index contributed by atoms with van der Waals surface area (Å²) in [6.07, 6.45) is 2.26. The normalized spacial score (nSPS) is 15.5. The highest BCUT2D eigenvalue weighted by Crippen LogP contribution is 2.13. The molecule has 0 rings (SSSR count). The van der Waals surface area contributed by atoms with Gasteiger partial charge in [-0.2, -0.15) is 0 Å². The van der Waals surface area contributed by atoms with Gasteiger partial charge >= 0.3 is 0 Å². The van der Waals surface area contributed by atoms with Crippen LogP contribution in [0.1, 0.15) is 33.6 Å². The van der Waals surface area contributed by atoms with Crippen LogP contribution in [0.4, 0.5) is 0 Å². The van der Waals surface area contributed by atoms with Crippen molar-refractivity contribution in [3.63, 3.8) is 0 Å². The van der Waals surface area contributed by atoms with Crippen molar-refractivity contribution in [3.8, 4) is 0 Å². The van der Waals surface area contributed by atoms with E-state index >= 15 is 0 Å². The number of hydrogen-bond donors (Lipinski definition) is 2. The van der Waals surface area contributed by atoms with Crippen LogP contribution < -0.4 is 5.32 Å². The van der Waals surface area contributed by atoms with Crippen molar-refractivity contribution in [1.29, 1.82) is 0 Å². The van der Waals surface area contributed by atoms with Crippen molar-refractivity contribution in [3.05, 3.63) is 0 Å². The molecule has 0 aromatic carbocycles. The van der Waals surface area contributed by atoms with Crippen molar-refractivity contribution >= 4 is 0 Å². The fraction of sp³-hybridized carbons (Fsp3) is 1.00. The average Bonchev–Trinajstić information content (AvgIpc) is 2.36. The zero-order chi connectivity index (χ0) is 13.3. The Bertz CT molecular complexity index is 180. The lowest BCUT2D eigenvalue weighted by atomic mass is 10.0. The molecule has 0 aromatic rings. The van der Waals surface area contributed by atoms with Gasteiger partial charge in [0, 0.05) is 26.2 Å². The molecule has 0 aliphatic heterocycles. The van der Waals surface area contributed by atoms with Gasteiger partial charge in [-0.25, -0.2) is 0 Å². The van der Waals surface area contributed by atoms with E-state index in [2.05, 4.69) is 31.0 Å². The van der Waals surface area contributed by atoms with Crippen molar-refractivity contribution in [2.45, 2.75) is 45.2 Å². The number of likely N-dealkylation sites (N-methyl/N-ethyl adjacent to an activating group) is 1. The topological polar surface area (TPSA) is 44.7 Å². The zero-order valence-corrected chi connectivity index (χ0v) is 12.1. The molecule has 1 atom stereocenters. The maximum Gasteiger partial charge on any atom is 0.0623 e. The number of hydrogen-bond acceptors (Lipinski definition) is 4. The van der Waals surface area contributed by atoms with E-state index in [0.717, 1.165) is 32.5 Å². The van der Waals surface area contributed by atoms with Crippen LogP contribution in [0.15, 0.2) is 0 Å². The van der Waals surface area contributed by atoms with Crippen LogP contribution >= 0.6 is 0 Å². The summed E-state index contributed by atoms with van der Waals surface area (Å²) in [4.78, 5) is 2.41. The van der Waals surface area contributed by atoms with Gasteiger partial charge < -0.3 is 15.2 Å². The SMILES string of the molecule is CCC(CC)N(CCOC)CC(C)(CO)NC. The lowest BCUT2D eigenvalue weighted by Crippen LogP contribution is -2.55. The predicted octanol–water partition coefficient (Wildman–Crippen LogP) is 1.09. The van der Waals surface area contributed by atoms with Crippen LogP contribution in [0.5, 0.6) is 0 Å². The Labute approximate surface area is 106 Å². The average molecular weight is 246 g/mol. The summed E-state index contributed by atoms with van der Waals surface area (Å²) < 4.78 is 5.17.